The van der Waals surface area contributed by atoms with Gasteiger partial charge in [0.05, 0.1) is 26.4 Å². The minimum absolute atomic E-state index is 0.0188. The molecule has 4 N–H and O–H groups in total. The van der Waals surface area contributed by atoms with Crippen molar-refractivity contribution in [1.29, 1.82) is 0 Å². The molecule has 0 saturated carbocycles. The summed E-state index contributed by atoms with van der Waals surface area (Å²) in [6, 6.07) is 0. The molecule has 608 valence electrons. The van der Waals surface area contributed by atoms with E-state index in [0.29, 0.717) is 25.7 Å². The Hall–Kier alpha value is -5.35. The number of hydrogen-bond acceptors (Lipinski definition) is 14. The van der Waals surface area contributed by atoms with Crippen LogP contribution in [0.3, 0.4) is 0 Å². The Kier molecular flexibility index (Phi) is 76.2. The van der Waals surface area contributed by atoms with Crippen LogP contribution in [0.25, 0.3) is 0 Å². The van der Waals surface area contributed by atoms with Gasteiger partial charge < -0.3 is 34.2 Å². The van der Waals surface area contributed by atoms with Crippen LogP contribution in [-0.2, 0) is 55.8 Å². The van der Waals surface area contributed by atoms with E-state index in [9.17, 15) is 43.5 Å². The van der Waals surface area contributed by atoms with Gasteiger partial charge in [-0.1, -0.05) is 319 Å². The summed E-state index contributed by atoms with van der Waals surface area (Å²) in [5.74, 6) is -1.66. The zero-order valence-electron chi connectivity index (χ0n) is 66.5. The normalized spacial score (nSPS) is 14.9. The van der Waals surface area contributed by atoms with Crippen LogP contribution in [0.1, 0.15) is 303 Å². The Balaban J connectivity index is 4.62. The Labute approximate surface area is 649 Å². The molecular weight excluding hydrogens is 1390 g/mol. The molecule has 0 aromatic carbocycles. The summed E-state index contributed by atoms with van der Waals surface area (Å²) in [7, 11) is -9.83. The van der Waals surface area contributed by atoms with Crippen LogP contribution in [0, 0.1) is 0 Å². The van der Waals surface area contributed by atoms with Crippen molar-refractivity contribution in [2.75, 3.05) is 39.6 Å². The molecular formula is C89H146O16P2. The maximum absolute atomic E-state index is 13.0. The zero-order valence-corrected chi connectivity index (χ0v) is 68.3. The van der Waals surface area contributed by atoms with Gasteiger partial charge >= 0.3 is 33.6 Å². The Morgan fingerprint density at radius 1 is 0.262 bits per heavy atom. The average molecular weight is 1530 g/mol. The van der Waals surface area contributed by atoms with E-state index < -0.39 is 91.5 Å². The quantitative estimate of drug-likeness (QED) is 0.0146. The van der Waals surface area contributed by atoms with Crippen LogP contribution in [0.5, 0.6) is 0 Å². The fourth-order valence-corrected chi connectivity index (χ4v) is 12.1. The molecule has 0 spiro atoms. The second-order valence-electron chi connectivity index (χ2n) is 26.8. The van der Waals surface area contributed by atoms with Crippen LogP contribution < -0.4 is 0 Å². The number of unbranched alkanes of at least 4 members (excludes halogenated alkanes) is 23. The molecule has 5 atom stereocenters. The second-order valence-corrected chi connectivity index (χ2v) is 29.7. The highest BCUT2D eigenvalue weighted by molar-refractivity contribution is 7.47. The van der Waals surface area contributed by atoms with Crippen LogP contribution >= 0.6 is 15.6 Å². The van der Waals surface area contributed by atoms with Crippen molar-refractivity contribution in [2.24, 2.45) is 0 Å². The van der Waals surface area contributed by atoms with Crippen molar-refractivity contribution in [1.82, 2.24) is 0 Å². The van der Waals surface area contributed by atoms with Gasteiger partial charge in [-0.15, -0.1) is 0 Å². The van der Waals surface area contributed by atoms with Crippen LogP contribution in [0.2, 0.25) is 0 Å². The third-order valence-electron chi connectivity index (χ3n) is 16.6. The van der Waals surface area contributed by atoms with Crippen molar-refractivity contribution in [3.05, 3.63) is 182 Å². The lowest BCUT2D eigenvalue weighted by molar-refractivity contribution is -0.161. The summed E-state index contributed by atoms with van der Waals surface area (Å²) in [5.41, 5.74) is 0. The summed E-state index contributed by atoms with van der Waals surface area (Å²) in [5, 5.41) is 20.7. The van der Waals surface area contributed by atoms with Crippen molar-refractivity contribution in [3.8, 4) is 0 Å². The van der Waals surface area contributed by atoms with E-state index >= 15 is 0 Å². The number of hydrogen-bond donors (Lipinski definition) is 4. The summed E-state index contributed by atoms with van der Waals surface area (Å²) < 4.78 is 61.2. The molecule has 107 heavy (non-hydrogen) atoms. The molecule has 0 bridgehead atoms. The van der Waals surface area contributed by atoms with Gasteiger partial charge in [-0.05, 0) is 148 Å². The largest absolute Gasteiger partial charge is 0.472 e. The number of rotatable bonds is 76. The van der Waals surface area contributed by atoms with E-state index in [1.165, 1.54) is 83.5 Å². The molecule has 0 aromatic rings. The molecule has 0 fully saturated rings. The number of carbonyl (C=O) groups is 3. The summed E-state index contributed by atoms with van der Waals surface area (Å²) >= 11 is 0. The highest BCUT2D eigenvalue weighted by Gasteiger charge is 2.29. The minimum Gasteiger partial charge on any atom is -0.463 e. The first kappa shape index (κ1) is 102. The fraction of sp³-hybridized carbons (Fsp3) is 0.629. The van der Waals surface area contributed by atoms with E-state index in [2.05, 4.69) is 191 Å². The van der Waals surface area contributed by atoms with Gasteiger partial charge in [0.25, 0.3) is 0 Å². The van der Waals surface area contributed by atoms with Gasteiger partial charge in [0.2, 0.25) is 0 Å². The second kappa shape index (κ2) is 80.2. The molecule has 0 aliphatic rings. The van der Waals surface area contributed by atoms with E-state index in [4.69, 9.17) is 32.3 Å². The van der Waals surface area contributed by atoms with Crippen molar-refractivity contribution in [2.45, 2.75) is 322 Å². The lowest BCUT2D eigenvalue weighted by Gasteiger charge is -2.21. The molecule has 0 amide bonds. The Morgan fingerprint density at radius 2 is 0.477 bits per heavy atom. The molecule has 0 aliphatic carbocycles. The summed E-state index contributed by atoms with van der Waals surface area (Å²) in [4.78, 5) is 58.7. The number of aliphatic hydroxyl groups is 2. The molecule has 0 rings (SSSR count). The number of phosphoric acid groups is 2. The van der Waals surface area contributed by atoms with E-state index in [-0.39, 0.29) is 19.3 Å². The molecule has 5 unspecified atom stereocenters. The van der Waals surface area contributed by atoms with Gasteiger partial charge in [0.15, 0.2) is 6.10 Å². The van der Waals surface area contributed by atoms with Crippen molar-refractivity contribution in [3.63, 3.8) is 0 Å². The Morgan fingerprint density at radius 3 is 0.766 bits per heavy atom. The lowest BCUT2D eigenvalue weighted by atomic mass is 10.0. The van der Waals surface area contributed by atoms with Gasteiger partial charge in [-0.25, -0.2) is 9.13 Å². The summed E-state index contributed by atoms with van der Waals surface area (Å²) in [6.45, 7) is 2.26. The minimum atomic E-state index is -4.96. The smallest absolute Gasteiger partial charge is 0.463 e. The van der Waals surface area contributed by atoms with Crippen LogP contribution in [-0.4, -0.2) is 95.9 Å². The number of allylic oxidation sites excluding steroid dienone is 30. The highest BCUT2D eigenvalue weighted by atomic mass is 31.2. The molecule has 16 nitrogen and oxygen atoms in total. The SMILES string of the molecule is CC/C=C\C/C=C\C/C=C\C/C=C\C/C=C\CCCCCCCCCCCCCCCC(=O)OCC(O)COP(=O)(O)OCC(O)COP(=O)(O)OCC(COC(=O)CCCCCCCCCCC/C=C\C/C=C\C/C=C\C/C=C\C/C=C\CC)OC(=O)CCC/C=C\C/C=C\C/C=C\C/C=C\C/C=C\CC. The highest BCUT2D eigenvalue weighted by Crippen LogP contribution is 2.45. The number of ether oxygens (including phenoxy) is 3. The van der Waals surface area contributed by atoms with Gasteiger partial charge in [-0.3, -0.25) is 32.5 Å². The molecule has 0 aromatic heterocycles. The third-order valence-corrected chi connectivity index (χ3v) is 18.5. The molecule has 0 heterocycles. The fourth-order valence-electron chi connectivity index (χ4n) is 10.5. The van der Waals surface area contributed by atoms with Crippen molar-refractivity contribution >= 4 is 33.6 Å². The first-order chi connectivity index (χ1) is 52.2. The van der Waals surface area contributed by atoms with E-state index in [0.717, 1.165) is 154 Å². The third kappa shape index (κ3) is 81.5. The molecule has 0 saturated heterocycles. The van der Waals surface area contributed by atoms with Gasteiger partial charge in [-0.2, -0.15) is 0 Å². The van der Waals surface area contributed by atoms with E-state index in [1.54, 1.807) is 0 Å². The maximum Gasteiger partial charge on any atom is 0.472 e. The first-order valence-electron chi connectivity index (χ1n) is 41.1. The molecule has 0 aliphatic heterocycles. The maximum atomic E-state index is 13.0. The molecule has 18 heteroatoms. The number of carbonyl (C=O) groups excluding carboxylic acids is 3. The summed E-state index contributed by atoms with van der Waals surface area (Å²) in [6.07, 6.45) is 104. The van der Waals surface area contributed by atoms with E-state index in [1.807, 2.05) is 12.2 Å². The standard InChI is InChI=1S/C89H146O16P2/c1-4-7-10-13-16-19-22-25-28-31-33-35-37-39-40-41-42-44-46-47-49-52-54-57-60-63-66-69-72-75-87(92)99-78-84(90)79-101-106(95,96)102-80-85(91)81-103-107(97,98)104-83-86(105-89(94)77-74-71-68-65-62-59-56-51-30-27-24-21-18-15-12-9-6-3)82-100-88(93)76-73-70-67-64-61-58-55-53-50-48-45-43-38-36-34-32-29-26-23-20-17-14-11-8-5-2/h7-12,16-21,25-30,33-36,39-40,43,45,56,59,65,68,84-86,90-91H,4-6,13-15,22-24,31-32,37-38,41-42,44,46-55,57-58,60-64,66-67,69-83H2,1-3H3,(H,95,96)(H,97,98)/b10-7-,11-8-,12-9-,19-16-,20-17-,21-18-,28-25-,29-26-,30-27-,35-33-,36-34-,40-39-,45-43-,59-56-,68-65-. The molecule has 0 radical (unpaired) electrons. The van der Waals surface area contributed by atoms with Crippen molar-refractivity contribution < 1.29 is 75.8 Å². The number of aliphatic hydroxyl groups excluding tert-OH is 2. The lowest BCUT2D eigenvalue weighted by Crippen LogP contribution is -2.30. The van der Waals surface area contributed by atoms with Crippen LogP contribution in [0.4, 0.5) is 0 Å². The monoisotopic (exact) mass is 1530 g/mol. The average Bonchev–Trinajstić information content (AvgIpc) is 0.908. The number of phosphoric ester groups is 2. The topological polar surface area (TPSA) is 231 Å². The van der Waals surface area contributed by atoms with Gasteiger partial charge in [0.1, 0.15) is 25.4 Å². The number of esters is 3. The van der Waals surface area contributed by atoms with Gasteiger partial charge in [0, 0.05) is 19.3 Å². The Bertz CT molecular complexity index is 2670. The van der Waals surface area contributed by atoms with Crippen LogP contribution in [0.15, 0.2) is 182 Å². The predicted molar refractivity (Wildman–Crippen MR) is 445 cm³/mol. The first-order valence-corrected chi connectivity index (χ1v) is 44.1. The predicted octanol–water partition coefficient (Wildman–Crippen LogP) is 24.5. The zero-order chi connectivity index (χ0) is 78.0.